The predicted octanol–water partition coefficient (Wildman–Crippen LogP) is 2.04. The van der Waals surface area contributed by atoms with Crippen LogP contribution < -0.4 is 0 Å². The maximum absolute atomic E-state index is 12.4. The molecule has 0 spiro atoms. The molecule has 0 N–H and O–H groups in total. The Morgan fingerprint density at radius 1 is 1.20 bits per heavy atom. The molecular formula is C15H16N4O. The molecular weight excluding hydrogens is 252 g/mol. The third-order valence-electron chi connectivity index (χ3n) is 3.70. The zero-order chi connectivity index (χ0) is 14.3. The van der Waals surface area contributed by atoms with Crippen LogP contribution in [0.2, 0.25) is 0 Å². The second-order valence-corrected chi connectivity index (χ2v) is 4.95. The van der Waals surface area contributed by atoms with Gasteiger partial charge in [-0.3, -0.25) is 14.2 Å². The van der Waals surface area contributed by atoms with E-state index < -0.39 is 0 Å². The van der Waals surface area contributed by atoms with Gasteiger partial charge in [-0.1, -0.05) is 18.2 Å². The molecule has 0 amide bonds. The fraction of sp³-hybridized carbons (Fsp3) is 0.267. The summed E-state index contributed by atoms with van der Waals surface area (Å²) in [4.78, 5) is 12.4. The van der Waals surface area contributed by atoms with Crippen molar-refractivity contribution in [2.75, 3.05) is 0 Å². The lowest BCUT2D eigenvalue weighted by molar-refractivity contribution is 0.0991. The lowest BCUT2D eigenvalue weighted by Gasteiger charge is -1.99. The highest BCUT2D eigenvalue weighted by Gasteiger charge is 2.17. The number of aryl methyl sites for hydroxylation is 2. The van der Waals surface area contributed by atoms with E-state index in [1.54, 1.807) is 10.9 Å². The van der Waals surface area contributed by atoms with Crippen molar-refractivity contribution < 1.29 is 4.79 Å². The van der Waals surface area contributed by atoms with Crippen LogP contribution in [0.4, 0.5) is 0 Å². The maximum atomic E-state index is 12.4. The minimum Gasteiger partial charge on any atom is -0.294 e. The van der Waals surface area contributed by atoms with Crippen LogP contribution in [0.3, 0.4) is 0 Å². The van der Waals surface area contributed by atoms with Crippen LogP contribution in [0.1, 0.15) is 21.7 Å². The molecule has 0 radical (unpaired) electrons. The zero-order valence-corrected chi connectivity index (χ0v) is 11.8. The number of carbonyl (C=O) groups is 1. The summed E-state index contributed by atoms with van der Waals surface area (Å²) < 4.78 is 3.53. The molecule has 2 heterocycles. The molecule has 20 heavy (non-hydrogen) atoms. The molecule has 102 valence electrons. The average molecular weight is 268 g/mol. The monoisotopic (exact) mass is 268 g/mol. The van der Waals surface area contributed by atoms with Gasteiger partial charge in [-0.05, 0) is 13.0 Å². The van der Waals surface area contributed by atoms with Crippen LogP contribution in [-0.4, -0.2) is 25.3 Å². The fourth-order valence-corrected chi connectivity index (χ4v) is 2.44. The van der Waals surface area contributed by atoms with E-state index >= 15 is 0 Å². The van der Waals surface area contributed by atoms with Gasteiger partial charge in [0, 0.05) is 25.2 Å². The number of nitrogens with zero attached hydrogens (tertiary/aromatic N) is 4. The van der Waals surface area contributed by atoms with Crippen molar-refractivity contribution in [2.24, 2.45) is 14.1 Å². The highest BCUT2D eigenvalue weighted by molar-refractivity contribution is 6.00. The number of para-hydroxylation sites is 1. The van der Waals surface area contributed by atoms with E-state index in [0.29, 0.717) is 12.0 Å². The second kappa shape index (κ2) is 4.59. The van der Waals surface area contributed by atoms with Crippen LogP contribution in [0.25, 0.3) is 10.9 Å². The summed E-state index contributed by atoms with van der Waals surface area (Å²) in [6, 6.07) is 7.95. The number of hydrogen-bond donors (Lipinski definition) is 0. The lowest BCUT2D eigenvalue weighted by atomic mass is 10.1. The number of fused-ring (bicyclic) bond motifs is 1. The molecule has 0 aliphatic rings. The predicted molar refractivity (Wildman–Crippen MR) is 76.7 cm³/mol. The topological polar surface area (TPSA) is 52.7 Å². The third kappa shape index (κ3) is 1.91. The van der Waals surface area contributed by atoms with Crippen LogP contribution >= 0.6 is 0 Å². The van der Waals surface area contributed by atoms with E-state index in [0.717, 1.165) is 22.3 Å². The summed E-state index contributed by atoms with van der Waals surface area (Å²) in [6.07, 6.45) is 1.93. The van der Waals surface area contributed by atoms with Crippen molar-refractivity contribution in [3.05, 3.63) is 47.4 Å². The van der Waals surface area contributed by atoms with E-state index in [1.165, 1.54) is 0 Å². The fourth-order valence-electron chi connectivity index (χ4n) is 2.44. The van der Waals surface area contributed by atoms with E-state index in [-0.39, 0.29) is 5.78 Å². The lowest BCUT2D eigenvalue weighted by Crippen LogP contribution is -2.06. The molecule has 3 aromatic rings. The molecule has 2 aromatic heterocycles. The minimum atomic E-state index is 0.0550. The number of rotatable bonds is 3. The Kier molecular flexibility index (Phi) is 2.89. The molecule has 5 nitrogen and oxygen atoms in total. The smallest absolute Gasteiger partial charge is 0.172 e. The molecule has 5 heteroatoms. The van der Waals surface area contributed by atoms with Crippen molar-refractivity contribution in [3.63, 3.8) is 0 Å². The molecule has 0 saturated heterocycles. The van der Waals surface area contributed by atoms with Gasteiger partial charge in [0.05, 0.1) is 29.4 Å². The summed E-state index contributed by atoms with van der Waals surface area (Å²) in [5.41, 5.74) is 3.41. The largest absolute Gasteiger partial charge is 0.294 e. The number of aromatic nitrogens is 4. The minimum absolute atomic E-state index is 0.0550. The van der Waals surface area contributed by atoms with Crippen molar-refractivity contribution in [3.8, 4) is 0 Å². The summed E-state index contributed by atoms with van der Waals surface area (Å²) >= 11 is 0. The van der Waals surface area contributed by atoms with Gasteiger partial charge in [0.15, 0.2) is 5.78 Å². The van der Waals surface area contributed by atoms with Crippen LogP contribution in [0.5, 0.6) is 0 Å². The molecule has 0 saturated carbocycles. The van der Waals surface area contributed by atoms with Gasteiger partial charge >= 0.3 is 0 Å². The highest BCUT2D eigenvalue weighted by Crippen LogP contribution is 2.19. The van der Waals surface area contributed by atoms with Gasteiger partial charge in [-0.15, -0.1) is 0 Å². The van der Waals surface area contributed by atoms with Gasteiger partial charge in [0.25, 0.3) is 0 Å². The van der Waals surface area contributed by atoms with Crippen LogP contribution in [0, 0.1) is 6.92 Å². The Hall–Kier alpha value is -2.43. The Morgan fingerprint density at radius 2 is 1.95 bits per heavy atom. The summed E-state index contributed by atoms with van der Waals surface area (Å²) in [7, 11) is 3.73. The molecule has 0 bridgehead atoms. The first-order valence-electron chi connectivity index (χ1n) is 6.50. The van der Waals surface area contributed by atoms with E-state index in [4.69, 9.17) is 0 Å². The SMILES string of the molecule is Cc1c(C(=O)Cc2nn(C)c3ccccc23)cnn1C. The average Bonchev–Trinajstić information content (AvgIpc) is 2.93. The number of hydrogen-bond acceptors (Lipinski definition) is 3. The van der Waals surface area contributed by atoms with Gasteiger partial charge in [0.1, 0.15) is 0 Å². The first kappa shape index (κ1) is 12.6. The molecule has 0 aliphatic carbocycles. The number of ketones is 1. The zero-order valence-electron chi connectivity index (χ0n) is 11.8. The first-order chi connectivity index (χ1) is 9.58. The quantitative estimate of drug-likeness (QED) is 0.683. The third-order valence-corrected chi connectivity index (χ3v) is 3.70. The number of carbonyl (C=O) groups excluding carboxylic acids is 1. The highest BCUT2D eigenvalue weighted by atomic mass is 16.1. The standard InChI is InChI=1S/C15H16N4O/c1-10-12(9-16-18(10)2)15(20)8-13-11-6-4-5-7-14(11)19(3)17-13/h4-7,9H,8H2,1-3H3. The summed E-state index contributed by atoms with van der Waals surface area (Å²) in [6.45, 7) is 1.90. The van der Waals surface area contributed by atoms with Crippen molar-refractivity contribution in [1.29, 1.82) is 0 Å². The molecule has 0 fully saturated rings. The first-order valence-corrected chi connectivity index (χ1v) is 6.50. The van der Waals surface area contributed by atoms with E-state index in [2.05, 4.69) is 10.2 Å². The maximum Gasteiger partial charge on any atom is 0.172 e. The number of Topliss-reactive ketones (excluding diaryl/α,β-unsaturated/α-hetero) is 1. The molecule has 0 aliphatic heterocycles. The molecule has 3 rings (SSSR count). The van der Waals surface area contributed by atoms with Gasteiger partial charge in [-0.2, -0.15) is 10.2 Å². The van der Waals surface area contributed by atoms with Crippen LogP contribution in [-0.2, 0) is 20.5 Å². The van der Waals surface area contributed by atoms with E-state index in [1.807, 2.05) is 50.0 Å². The van der Waals surface area contributed by atoms with Gasteiger partial charge in [0.2, 0.25) is 0 Å². The van der Waals surface area contributed by atoms with Crippen molar-refractivity contribution in [1.82, 2.24) is 19.6 Å². The summed E-state index contributed by atoms with van der Waals surface area (Å²) in [5, 5.41) is 9.61. The van der Waals surface area contributed by atoms with Crippen LogP contribution in [0.15, 0.2) is 30.5 Å². The molecule has 1 aromatic carbocycles. The second-order valence-electron chi connectivity index (χ2n) is 4.95. The Morgan fingerprint density at radius 3 is 2.65 bits per heavy atom. The Bertz CT molecular complexity index is 797. The number of benzene rings is 1. The van der Waals surface area contributed by atoms with E-state index in [9.17, 15) is 4.79 Å². The van der Waals surface area contributed by atoms with Crippen molar-refractivity contribution >= 4 is 16.7 Å². The molecule has 0 unspecified atom stereocenters. The Balaban J connectivity index is 1.98. The van der Waals surface area contributed by atoms with Crippen molar-refractivity contribution in [2.45, 2.75) is 13.3 Å². The summed E-state index contributed by atoms with van der Waals surface area (Å²) in [5.74, 6) is 0.0550. The Labute approximate surface area is 116 Å². The van der Waals surface area contributed by atoms with Gasteiger partial charge < -0.3 is 0 Å². The normalized spacial score (nSPS) is 11.2. The molecule has 0 atom stereocenters. The van der Waals surface area contributed by atoms with Gasteiger partial charge in [-0.25, -0.2) is 0 Å².